The number of nitrogens with zero attached hydrogens (tertiary/aromatic N) is 2. The second-order valence-corrected chi connectivity index (χ2v) is 6.62. The van der Waals surface area contributed by atoms with Crippen LogP contribution in [0.1, 0.15) is 31.1 Å². The molecule has 0 atom stereocenters. The third-order valence-electron chi connectivity index (χ3n) is 3.55. The summed E-state index contributed by atoms with van der Waals surface area (Å²) in [6, 6.07) is 3.32. The first-order chi connectivity index (χ1) is 11.3. The molecule has 1 saturated heterocycles. The van der Waals surface area contributed by atoms with Gasteiger partial charge in [0.15, 0.2) is 0 Å². The smallest absolute Gasteiger partial charge is 0.312 e. The summed E-state index contributed by atoms with van der Waals surface area (Å²) in [7, 11) is 1.35. The van der Waals surface area contributed by atoms with E-state index in [2.05, 4.69) is 9.72 Å². The highest BCUT2D eigenvalue weighted by atomic mass is 16.5. The van der Waals surface area contributed by atoms with E-state index in [-0.39, 0.29) is 23.4 Å². The van der Waals surface area contributed by atoms with Crippen molar-refractivity contribution in [3.8, 4) is 5.88 Å². The third-order valence-corrected chi connectivity index (χ3v) is 3.55. The second kappa shape index (κ2) is 7.61. The number of carbonyl (C=O) groups excluding carboxylic acids is 2. The molecule has 2 rings (SSSR count). The average Bonchev–Trinajstić information content (AvgIpc) is 2.49. The zero-order chi connectivity index (χ0) is 17.7. The third kappa shape index (κ3) is 4.92. The van der Waals surface area contributed by atoms with E-state index in [4.69, 9.17) is 9.47 Å². The summed E-state index contributed by atoms with van der Waals surface area (Å²) in [5.41, 5.74) is 0.267. The second-order valence-electron chi connectivity index (χ2n) is 6.62. The van der Waals surface area contributed by atoms with E-state index < -0.39 is 0 Å². The number of rotatable bonds is 6. The van der Waals surface area contributed by atoms with Crippen molar-refractivity contribution >= 4 is 11.9 Å². The fraction of sp³-hybridized carbons (Fsp3) is 0.588. The van der Waals surface area contributed by atoms with E-state index in [1.54, 1.807) is 17.0 Å². The lowest BCUT2D eigenvalue weighted by molar-refractivity contribution is -0.149. The van der Waals surface area contributed by atoms with Crippen LogP contribution in [0.3, 0.4) is 0 Å². The van der Waals surface area contributed by atoms with E-state index in [1.165, 1.54) is 13.3 Å². The molecular weight excluding hydrogens is 312 g/mol. The van der Waals surface area contributed by atoms with Gasteiger partial charge in [-0.1, -0.05) is 0 Å². The Bertz CT molecular complexity index is 574. The molecule has 7 heteroatoms. The van der Waals surface area contributed by atoms with Crippen molar-refractivity contribution in [1.82, 2.24) is 9.88 Å². The number of amides is 1. The zero-order valence-corrected chi connectivity index (χ0v) is 14.6. The van der Waals surface area contributed by atoms with Gasteiger partial charge in [-0.15, -0.1) is 0 Å². The van der Waals surface area contributed by atoms with E-state index in [9.17, 15) is 9.59 Å². The average molecular weight is 336 g/mol. The van der Waals surface area contributed by atoms with Gasteiger partial charge in [0, 0.05) is 25.4 Å². The van der Waals surface area contributed by atoms with Crippen LogP contribution in [0, 0.1) is 5.92 Å². The number of carbonyl (C=O) groups is 2. The van der Waals surface area contributed by atoms with Gasteiger partial charge in [-0.2, -0.15) is 0 Å². The zero-order valence-electron chi connectivity index (χ0n) is 14.6. The maximum atomic E-state index is 12.2. The molecule has 0 spiro atoms. The number of hydrogen-bond donors (Lipinski definition) is 0. The Morgan fingerprint density at radius 2 is 1.96 bits per heavy atom. The number of pyridine rings is 1. The number of likely N-dealkylation sites (tertiary alicyclic amines) is 1. The van der Waals surface area contributed by atoms with Crippen LogP contribution in [-0.4, -0.2) is 60.8 Å². The summed E-state index contributed by atoms with van der Waals surface area (Å²) < 4.78 is 15.7. The molecule has 0 saturated carbocycles. The minimum Gasteiger partial charge on any atom is -0.475 e. The normalized spacial score (nSPS) is 14.9. The summed E-state index contributed by atoms with van der Waals surface area (Å²) >= 11 is 0. The Morgan fingerprint density at radius 1 is 1.25 bits per heavy atom. The molecule has 2 heterocycles. The number of hydrogen-bond acceptors (Lipinski definition) is 6. The molecule has 0 aromatic carbocycles. The molecular formula is C17H24N2O5. The molecule has 7 nitrogen and oxygen atoms in total. The van der Waals surface area contributed by atoms with Gasteiger partial charge in [0.05, 0.1) is 30.8 Å². The van der Waals surface area contributed by atoms with Crippen LogP contribution < -0.4 is 4.74 Å². The topological polar surface area (TPSA) is 78.0 Å². The van der Waals surface area contributed by atoms with Crippen LogP contribution in [0.5, 0.6) is 5.88 Å². The van der Waals surface area contributed by atoms with Gasteiger partial charge < -0.3 is 19.1 Å². The van der Waals surface area contributed by atoms with Crippen molar-refractivity contribution in [1.29, 1.82) is 0 Å². The molecule has 0 bridgehead atoms. The van der Waals surface area contributed by atoms with Gasteiger partial charge in [-0.05, 0) is 26.8 Å². The van der Waals surface area contributed by atoms with Crippen molar-refractivity contribution in [3.63, 3.8) is 0 Å². The molecule has 132 valence electrons. The van der Waals surface area contributed by atoms with Gasteiger partial charge in [-0.3, -0.25) is 9.59 Å². The standard InChI is InChI=1S/C17H24N2O5/c1-17(2,3)24-8-7-23-14-6-5-12(9-18-14)15(20)19-10-13(11-19)16(21)22-4/h5-6,9,13H,7-8,10-11H2,1-4H3. The lowest BCUT2D eigenvalue weighted by Crippen LogP contribution is -2.53. The summed E-state index contributed by atoms with van der Waals surface area (Å²) in [4.78, 5) is 29.3. The maximum absolute atomic E-state index is 12.2. The molecule has 1 fully saturated rings. The highest BCUT2D eigenvalue weighted by Crippen LogP contribution is 2.20. The minimum absolute atomic E-state index is 0.148. The van der Waals surface area contributed by atoms with Crippen LogP contribution in [0.2, 0.25) is 0 Å². The SMILES string of the molecule is COC(=O)C1CN(C(=O)c2ccc(OCCOC(C)(C)C)nc2)C1. The molecule has 1 aliphatic rings. The van der Waals surface area contributed by atoms with Crippen molar-refractivity contribution in [2.75, 3.05) is 33.4 Å². The van der Waals surface area contributed by atoms with Gasteiger partial charge in [0.25, 0.3) is 5.91 Å². The lowest BCUT2D eigenvalue weighted by Gasteiger charge is -2.37. The monoisotopic (exact) mass is 336 g/mol. The number of aromatic nitrogens is 1. The van der Waals surface area contributed by atoms with E-state index in [0.29, 0.717) is 37.7 Å². The molecule has 1 amide bonds. The van der Waals surface area contributed by atoms with Crippen LogP contribution in [0.25, 0.3) is 0 Å². The molecule has 0 aliphatic carbocycles. The first-order valence-electron chi connectivity index (χ1n) is 7.90. The van der Waals surface area contributed by atoms with Crippen LogP contribution in [0.4, 0.5) is 0 Å². The number of ether oxygens (including phenoxy) is 3. The summed E-state index contributed by atoms with van der Waals surface area (Å²) in [5.74, 6) is -0.207. The van der Waals surface area contributed by atoms with Gasteiger partial charge in [-0.25, -0.2) is 4.98 Å². The molecule has 1 aliphatic heterocycles. The maximum Gasteiger partial charge on any atom is 0.312 e. The highest BCUT2D eigenvalue weighted by Gasteiger charge is 2.36. The van der Waals surface area contributed by atoms with Crippen molar-refractivity contribution in [2.24, 2.45) is 5.92 Å². The van der Waals surface area contributed by atoms with Gasteiger partial charge in [0.1, 0.15) is 6.61 Å². The number of methoxy groups -OCH3 is 1. The number of esters is 1. The minimum atomic E-state index is -0.279. The van der Waals surface area contributed by atoms with Crippen LogP contribution in [0.15, 0.2) is 18.3 Å². The van der Waals surface area contributed by atoms with Gasteiger partial charge >= 0.3 is 5.97 Å². The Kier molecular flexibility index (Phi) is 5.77. The first kappa shape index (κ1) is 18.2. The molecule has 24 heavy (non-hydrogen) atoms. The first-order valence-corrected chi connectivity index (χ1v) is 7.90. The quantitative estimate of drug-likeness (QED) is 0.579. The van der Waals surface area contributed by atoms with E-state index >= 15 is 0 Å². The molecule has 1 aromatic heterocycles. The molecule has 0 unspecified atom stereocenters. The Balaban J connectivity index is 1.78. The van der Waals surface area contributed by atoms with Gasteiger partial charge in [0.2, 0.25) is 5.88 Å². The van der Waals surface area contributed by atoms with Crippen LogP contribution in [-0.2, 0) is 14.3 Å². The molecule has 0 N–H and O–H groups in total. The summed E-state index contributed by atoms with van der Waals surface area (Å²) in [5, 5.41) is 0. The van der Waals surface area contributed by atoms with Crippen molar-refractivity contribution < 1.29 is 23.8 Å². The largest absolute Gasteiger partial charge is 0.475 e. The summed E-state index contributed by atoms with van der Waals surface area (Å²) in [6.07, 6.45) is 1.48. The molecule has 1 aromatic rings. The van der Waals surface area contributed by atoms with E-state index in [0.717, 1.165) is 0 Å². The fourth-order valence-electron chi connectivity index (χ4n) is 2.23. The highest BCUT2D eigenvalue weighted by molar-refractivity contribution is 5.95. The lowest BCUT2D eigenvalue weighted by atomic mass is 9.99. The van der Waals surface area contributed by atoms with E-state index in [1.807, 2.05) is 20.8 Å². The summed E-state index contributed by atoms with van der Waals surface area (Å²) in [6.45, 7) is 7.56. The Hall–Kier alpha value is -2.15. The van der Waals surface area contributed by atoms with Crippen molar-refractivity contribution in [3.05, 3.63) is 23.9 Å². The predicted molar refractivity (Wildman–Crippen MR) is 86.8 cm³/mol. The predicted octanol–water partition coefficient (Wildman–Crippen LogP) is 1.52. The van der Waals surface area contributed by atoms with Crippen LogP contribution >= 0.6 is 0 Å². The molecule has 0 radical (unpaired) electrons. The fourth-order valence-corrected chi connectivity index (χ4v) is 2.23. The van der Waals surface area contributed by atoms with Crippen molar-refractivity contribution in [2.45, 2.75) is 26.4 Å². The Morgan fingerprint density at radius 3 is 2.50 bits per heavy atom. The Labute approximate surface area is 141 Å².